The van der Waals surface area contributed by atoms with E-state index < -0.39 is 10.2 Å². The number of rotatable bonds is 7. The standard InChI is InChI=1S/C14H29N3O3S/c1-15(21(18,19)17-7-4-3-5-8-17)12-14-6-9-16(13-14)10-11-20-2/h14H,3-13H2,1-2H3. The van der Waals surface area contributed by atoms with E-state index >= 15 is 0 Å². The minimum absolute atomic E-state index is 0.437. The highest BCUT2D eigenvalue weighted by molar-refractivity contribution is 7.86. The highest BCUT2D eigenvalue weighted by atomic mass is 32.2. The summed E-state index contributed by atoms with van der Waals surface area (Å²) in [5, 5.41) is 0. The zero-order valence-corrected chi connectivity index (χ0v) is 14.1. The molecule has 21 heavy (non-hydrogen) atoms. The molecule has 124 valence electrons. The van der Waals surface area contributed by atoms with Crippen molar-refractivity contribution in [2.45, 2.75) is 25.7 Å². The first-order valence-electron chi connectivity index (χ1n) is 7.96. The largest absolute Gasteiger partial charge is 0.383 e. The lowest BCUT2D eigenvalue weighted by Gasteiger charge is -2.31. The molecule has 2 saturated heterocycles. The van der Waals surface area contributed by atoms with Gasteiger partial charge in [-0.1, -0.05) is 6.42 Å². The molecule has 0 aromatic rings. The van der Waals surface area contributed by atoms with Crippen LogP contribution in [-0.2, 0) is 14.9 Å². The minimum atomic E-state index is -3.26. The van der Waals surface area contributed by atoms with E-state index in [9.17, 15) is 8.42 Å². The third-order valence-corrected chi connectivity index (χ3v) is 6.49. The van der Waals surface area contributed by atoms with E-state index in [1.807, 2.05) is 0 Å². The summed E-state index contributed by atoms with van der Waals surface area (Å²) < 4.78 is 33.4. The first-order valence-corrected chi connectivity index (χ1v) is 9.36. The zero-order chi connectivity index (χ0) is 15.3. The lowest BCUT2D eigenvalue weighted by Crippen LogP contribution is -2.46. The van der Waals surface area contributed by atoms with Crippen LogP contribution in [0.1, 0.15) is 25.7 Å². The first-order chi connectivity index (χ1) is 10.0. The highest BCUT2D eigenvalue weighted by Gasteiger charge is 2.31. The van der Waals surface area contributed by atoms with Crippen LogP contribution in [0.4, 0.5) is 0 Å². The second-order valence-corrected chi connectivity index (χ2v) is 8.23. The van der Waals surface area contributed by atoms with Crippen molar-refractivity contribution in [1.29, 1.82) is 0 Å². The molecule has 1 atom stereocenters. The summed E-state index contributed by atoms with van der Waals surface area (Å²) in [5.74, 6) is 0.437. The molecule has 2 rings (SSSR count). The van der Waals surface area contributed by atoms with Gasteiger partial charge < -0.3 is 9.64 Å². The lowest BCUT2D eigenvalue weighted by molar-refractivity contribution is 0.158. The average Bonchev–Trinajstić information content (AvgIpc) is 2.93. The maximum absolute atomic E-state index is 12.5. The summed E-state index contributed by atoms with van der Waals surface area (Å²) >= 11 is 0. The molecule has 2 heterocycles. The fraction of sp³-hybridized carbons (Fsp3) is 1.00. The van der Waals surface area contributed by atoms with Gasteiger partial charge in [-0.15, -0.1) is 0 Å². The number of piperidine rings is 1. The third kappa shape index (κ3) is 4.63. The van der Waals surface area contributed by atoms with Crippen LogP contribution in [0, 0.1) is 5.92 Å². The molecule has 0 amide bonds. The van der Waals surface area contributed by atoms with Gasteiger partial charge in [0, 0.05) is 46.9 Å². The van der Waals surface area contributed by atoms with Gasteiger partial charge in [0.1, 0.15) is 0 Å². The number of hydrogen-bond donors (Lipinski definition) is 0. The number of likely N-dealkylation sites (tertiary alicyclic amines) is 1. The third-order valence-electron chi connectivity index (χ3n) is 4.53. The predicted octanol–water partition coefficient (Wildman–Crippen LogP) is 0.617. The molecule has 0 aliphatic carbocycles. The van der Waals surface area contributed by atoms with Crippen molar-refractivity contribution in [2.24, 2.45) is 5.92 Å². The molecule has 0 aromatic carbocycles. The van der Waals surface area contributed by atoms with Crippen LogP contribution in [-0.4, -0.2) is 82.0 Å². The smallest absolute Gasteiger partial charge is 0.281 e. The SMILES string of the molecule is COCCN1CCC(CN(C)S(=O)(=O)N2CCCCC2)C1. The number of hydrogen-bond acceptors (Lipinski definition) is 4. The quantitative estimate of drug-likeness (QED) is 0.690. The van der Waals surface area contributed by atoms with Crippen LogP contribution in [0.15, 0.2) is 0 Å². The van der Waals surface area contributed by atoms with E-state index in [1.165, 1.54) is 0 Å². The van der Waals surface area contributed by atoms with Gasteiger partial charge in [-0.2, -0.15) is 17.0 Å². The van der Waals surface area contributed by atoms with E-state index in [4.69, 9.17) is 4.74 Å². The molecule has 2 aliphatic heterocycles. The second kappa shape index (κ2) is 7.87. The van der Waals surface area contributed by atoms with Gasteiger partial charge >= 0.3 is 0 Å². The predicted molar refractivity (Wildman–Crippen MR) is 83.4 cm³/mol. The van der Waals surface area contributed by atoms with Crippen molar-refractivity contribution in [1.82, 2.24) is 13.5 Å². The van der Waals surface area contributed by atoms with Crippen molar-refractivity contribution >= 4 is 10.2 Å². The van der Waals surface area contributed by atoms with E-state index in [-0.39, 0.29) is 0 Å². The van der Waals surface area contributed by atoms with Crippen LogP contribution in [0.3, 0.4) is 0 Å². The van der Waals surface area contributed by atoms with Gasteiger partial charge in [0.2, 0.25) is 0 Å². The molecule has 7 heteroatoms. The minimum Gasteiger partial charge on any atom is -0.383 e. The Bertz CT molecular complexity index is 410. The summed E-state index contributed by atoms with van der Waals surface area (Å²) in [6.07, 6.45) is 4.19. The molecule has 0 bridgehead atoms. The van der Waals surface area contributed by atoms with Crippen LogP contribution in [0.2, 0.25) is 0 Å². The molecule has 0 aromatic heterocycles. The topological polar surface area (TPSA) is 53.1 Å². The molecule has 1 unspecified atom stereocenters. The normalized spacial score (nSPS) is 25.8. The molecule has 6 nitrogen and oxygen atoms in total. The molecular formula is C14H29N3O3S. The van der Waals surface area contributed by atoms with Gasteiger partial charge in [0.25, 0.3) is 10.2 Å². The van der Waals surface area contributed by atoms with Crippen molar-refractivity contribution < 1.29 is 13.2 Å². The molecule has 0 radical (unpaired) electrons. The van der Waals surface area contributed by atoms with Gasteiger partial charge in [-0.25, -0.2) is 0 Å². The summed E-state index contributed by atoms with van der Waals surface area (Å²) in [6, 6.07) is 0. The first kappa shape index (κ1) is 17.1. The maximum Gasteiger partial charge on any atom is 0.281 e. The summed E-state index contributed by atoms with van der Waals surface area (Å²) in [4.78, 5) is 2.36. The van der Waals surface area contributed by atoms with Crippen LogP contribution in [0.5, 0.6) is 0 Å². The molecule has 0 spiro atoms. The van der Waals surface area contributed by atoms with Crippen molar-refractivity contribution in [3.8, 4) is 0 Å². The van der Waals surface area contributed by atoms with E-state index in [0.717, 1.165) is 51.9 Å². The van der Waals surface area contributed by atoms with Gasteiger partial charge in [-0.3, -0.25) is 0 Å². The Labute approximate surface area is 129 Å². The Balaban J connectivity index is 1.82. The monoisotopic (exact) mass is 319 g/mol. The Morgan fingerprint density at radius 1 is 1.19 bits per heavy atom. The number of methoxy groups -OCH3 is 1. The van der Waals surface area contributed by atoms with E-state index in [0.29, 0.717) is 25.6 Å². The Morgan fingerprint density at radius 3 is 2.57 bits per heavy atom. The Hall–Kier alpha value is -0.210. The second-order valence-electron chi connectivity index (χ2n) is 6.20. The maximum atomic E-state index is 12.5. The fourth-order valence-corrected chi connectivity index (χ4v) is 4.75. The number of ether oxygens (including phenoxy) is 1. The molecule has 0 saturated carbocycles. The summed E-state index contributed by atoms with van der Waals surface area (Å²) in [6.45, 7) is 5.69. The number of nitrogens with zero attached hydrogens (tertiary/aromatic N) is 3. The molecular weight excluding hydrogens is 290 g/mol. The average molecular weight is 319 g/mol. The Kier molecular flexibility index (Phi) is 6.43. The molecule has 2 aliphatic rings. The van der Waals surface area contributed by atoms with Crippen molar-refractivity contribution in [3.63, 3.8) is 0 Å². The van der Waals surface area contributed by atoms with E-state index in [1.54, 1.807) is 22.8 Å². The van der Waals surface area contributed by atoms with E-state index in [2.05, 4.69) is 4.90 Å². The molecule has 2 fully saturated rings. The zero-order valence-electron chi connectivity index (χ0n) is 13.3. The van der Waals surface area contributed by atoms with Gasteiger partial charge in [0.05, 0.1) is 6.61 Å². The summed E-state index contributed by atoms with van der Waals surface area (Å²) in [7, 11) is 0.178. The van der Waals surface area contributed by atoms with Gasteiger partial charge in [-0.05, 0) is 31.7 Å². The van der Waals surface area contributed by atoms with Crippen molar-refractivity contribution in [2.75, 3.05) is 60.0 Å². The van der Waals surface area contributed by atoms with Crippen LogP contribution in [0.25, 0.3) is 0 Å². The highest BCUT2D eigenvalue weighted by Crippen LogP contribution is 2.20. The van der Waals surface area contributed by atoms with Crippen LogP contribution < -0.4 is 0 Å². The molecule has 0 N–H and O–H groups in total. The summed E-state index contributed by atoms with van der Waals surface area (Å²) in [5.41, 5.74) is 0. The Morgan fingerprint density at radius 2 is 1.90 bits per heavy atom. The van der Waals surface area contributed by atoms with Crippen molar-refractivity contribution in [3.05, 3.63) is 0 Å². The van der Waals surface area contributed by atoms with Crippen LogP contribution >= 0.6 is 0 Å². The lowest BCUT2D eigenvalue weighted by atomic mass is 10.1. The fourth-order valence-electron chi connectivity index (χ4n) is 3.24. The van der Waals surface area contributed by atoms with Gasteiger partial charge in [0.15, 0.2) is 0 Å².